The van der Waals surface area contributed by atoms with E-state index in [9.17, 15) is 27.1 Å². The van der Waals surface area contributed by atoms with Crippen molar-refractivity contribution in [3.63, 3.8) is 0 Å². The molecule has 2 nitrogen and oxygen atoms in total. The molecule has 0 heterocycles. The maximum Gasteiger partial charge on any atom is 0.455 e. The van der Waals surface area contributed by atoms with E-state index in [0.717, 1.165) is 12.1 Å². The quantitative estimate of drug-likeness (QED) is 0.671. The standard InChI is InChI=1S/C9H6Br2F5NO.ClH/c10-4-1-3(2-5(11)6(4)18)7(17)8(12,13)9(14,15)16;/h1-2,7,18H,17H2;1H/t7-;/m1./s1. The van der Waals surface area contributed by atoms with E-state index in [1.807, 2.05) is 0 Å². The van der Waals surface area contributed by atoms with Crippen LogP contribution in [0.4, 0.5) is 22.0 Å². The van der Waals surface area contributed by atoms with Crippen LogP contribution in [0.5, 0.6) is 5.75 Å². The Hall–Kier alpha value is -0.120. The van der Waals surface area contributed by atoms with E-state index in [2.05, 4.69) is 31.9 Å². The number of hydrogen-bond acceptors (Lipinski definition) is 2. The second-order valence-electron chi connectivity index (χ2n) is 3.43. The van der Waals surface area contributed by atoms with Crippen LogP contribution in [0.25, 0.3) is 0 Å². The molecular formula is C9H7Br2ClF5NO. The fraction of sp³-hybridized carbons (Fsp3) is 0.333. The number of nitrogens with two attached hydrogens (primary N) is 1. The summed E-state index contributed by atoms with van der Waals surface area (Å²) in [6.45, 7) is 0. The van der Waals surface area contributed by atoms with Crippen molar-refractivity contribution >= 4 is 44.3 Å². The third-order valence-electron chi connectivity index (χ3n) is 2.17. The zero-order valence-corrected chi connectivity index (χ0v) is 12.8. The van der Waals surface area contributed by atoms with E-state index in [4.69, 9.17) is 5.73 Å². The summed E-state index contributed by atoms with van der Waals surface area (Å²) in [6.07, 6.45) is -5.75. The second-order valence-corrected chi connectivity index (χ2v) is 5.14. The third kappa shape index (κ3) is 3.71. The monoisotopic (exact) mass is 433 g/mol. The topological polar surface area (TPSA) is 46.2 Å². The Morgan fingerprint density at radius 1 is 1.05 bits per heavy atom. The van der Waals surface area contributed by atoms with Crippen LogP contribution in [0.2, 0.25) is 0 Å². The molecule has 0 radical (unpaired) electrons. The minimum absolute atomic E-state index is 0. The van der Waals surface area contributed by atoms with Gasteiger partial charge in [0.2, 0.25) is 0 Å². The summed E-state index contributed by atoms with van der Waals surface area (Å²) in [5, 5.41) is 9.33. The molecule has 0 amide bonds. The van der Waals surface area contributed by atoms with Gasteiger partial charge in [0.15, 0.2) is 0 Å². The molecule has 0 aliphatic rings. The van der Waals surface area contributed by atoms with Crippen LogP contribution in [0, 0.1) is 0 Å². The van der Waals surface area contributed by atoms with Crippen LogP contribution in [0.1, 0.15) is 11.6 Å². The molecule has 0 aliphatic carbocycles. The Morgan fingerprint density at radius 2 is 1.42 bits per heavy atom. The van der Waals surface area contributed by atoms with Crippen LogP contribution in [0.15, 0.2) is 21.1 Å². The minimum Gasteiger partial charge on any atom is -0.506 e. The molecule has 10 heteroatoms. The van der Waals surface area contributed by atoms with Gasteiger partial charge in [0, 0.05) is 0 Å². The zero-order chi connectivity index (χ0) is 14.3. The molecule has 3 N–H and O–H groups in total. The molecule has 19 heavy (non-hydrogen) atoms. The molecule has 0 aromatic heterocycles. The van der Waals surface area contributed by atoms with Gasteiger partial charge in [-0.3, -0.25) is 0 Å². The molecule has 0 spiro atoms. The normalized spacial score (nSPS) is 13.9. The van der Waals surface area contributed by atoms with Crippen LogP contribution in [-0.4, -0.2) is 17.2 Å². The molecule has 0 saturated heterocycles. The lowest BCUT2D eigenvalue weighted by Crippen LogP contribution is -2.45. The Labute approximate surface area is 127 Å². The lowest BCUT2D eigenvalue weighted by molar-refractivity contribution is -0.291. The molecule has 0 fully saturated rings. The second kappa shape index (κ2) is 6.11. The first kappa shape index (κ1) is 18.9. The van der Waals surface area contributed by atoms with Gasteiger partial charge in [0.25, 0.3) is 0 Å². The predicted octanol–water partition coefficient (Wildman–Crippen LogP) is 4.54. The van der Waals surface area contributed by atoms with Gasteiger partial charge in [-0.25, -0.2) is 0 Å². The molecule has 0 unspecified atom stereocenters. The molecule has 0 bridgehead atoms. The van der Waals surface area contributed by atoms with Crippen molar-refractivity contribution in [2.75, 3.05) is 0 Å². The lowest BCUT2D eigenvalue weighted by atomic mass is 10.0. The highest BCUT2D eigenvalue weighted by molar-refractivity contribution is 9.11. The maximum atomic E-state index is 13.0. The van der Waals surface area contributed by atoms with Crippen molar-refractivity contribution in [2.45, 2.75) is 18.1 Å². The smallest absolute Gasteiger partial charge is 0.455 e. The molecule has 1 aromatic rings. The minimum atomic E-state index is -5.75. The van der Waals surface area contributed by atoms with Crippen molar-refractivity contribution in [2.24, 2.45) is 5.73 Å². The van der Waals surface area contributed by atoms with E-state index in [1.54, 1.807) is 0 Å². The summed E-state index contributed by atoms with van der Waals surface area (Å²) in [4.78, 5) is 0. The summed E-state index contributed by atoms with van der Waals surface area (Å²) in [6, 6.07) is -0.750. The molecule has 110 valence electrons. The first-order valence-corrected chi connectivity index (χ1v) is 5.95. The van der Waals surface area contributed by atoms with Crippen LogP contribution in [-0.2, 0) is 0 Å². The molecule has 1 atom stereocenters. The number of benzene rings is 1. The Bertz CT molecular complexity index is 445. The van der Waals surface area contributed by atoms with Crippen molar-refractivity contribution in [3.8, 4) is 5.75 Å². The van der Waals surface area contributed by atoms with Gasteiger partial charge in [-0.05, 0) is 49.6 Å². The number of phenols is 1. The average Bonchev–Trinajstić information content (AvgIpc) is 2.22. The van der Waals surface area contributed by atoms with Crippen molar-refractivity contribution < 1.29 is 27.1 Å². The summed E-state index contributed by atoms with van der Waals surface area (Å²) >= 11 is 5.64. The highest BCUT2D eigenvalue weighted by atomic mass is 79.9. The first-order chi connectivity index (χ1) is 7.98. The van der Waals surface area contributed by atoms with Crippen LogP contribution < -0.4 is 5.73 Å². The van der Waals surface area contributed by atoms with Crippen molar-refractivity contribution in [3.05, 3.63) is 26.6 Å². The summed E-state index contributed by atoms with van der Waals surface area (Å²) in [7, 11) is 0. The van der Waals surface area contributed by atoms with Gasteiger partial charge in [-0.2, -0.15) is 22.0 Å². The summed E-state index contributed by atoms with van der Waals surface area (Å²) in [5.74, 6) is -5.38. The zero-order valence-electron chi connectivity index (χ0n) is 8.81. The first-order valence-electron chi connectivity index (χ1n) is 4.36. The SMILES string of the molecule is Cl.N[C@H](c1cc(Br)c(O)c(Br)c1)C(F)(F)C(F)(F)F. The van der Waals surface area contributed by atoms with Crippen molar-refractivity contribution in [1.29, 1.82) is 0 Å². The largest absolute Gasteiger partial charge is 0.506 e. The maximum absolute atomic E-state index is 13.0. The van der Waals surface area contributed by atoms with E-state index >= 15 is 0 Å². The highest BCUT2D eigenvalue weighted by Crippen LogP contribution is 2.45. The van der Waals surface area contributed by atoms with Crippen LogP contribution >= 0.6 is 44.3 Å². The summed E-state index contributed by atoms with van der Waals surface area (Å²) < 4.78 is 62.4. The fourth-order valence-corrected chi connectivity index (χ4v) is 2.37. The van der Waals surface area contributed by atoms with Gasteiger partial charge in [0.05, 0.1) is 8.95 Å². The number of phenolic OH excluding ortho intramolecular Hbond substituents is 1. The van der Waals surface area contributed by atoms with E-state index < -0.39 is 23.7 Å². The Kier molecular flexibility index (Phi) is 6.07. The highest BCUT2D eigenvalue weighted by Gasteiger charge is 2.61. The molecule has 1 rings (SSSR count). The van der Waals surface area contributed by atoms with Gasteiger partial charge in [-0.1, -0.05) is 0 Å². The van der Waals surface area contributed by atoms with Gasteiger partial charge >= 0.3 is 12.1 Å². The number of hydrogen-bond donors (Lipinski definition) is 2. The van der Waals surface area contributed by atoms with Crippen molar-refractivity contribution in [1.82, 2.24) is 0 Å². The van der Waals surface area contributed by atoms with E-state index in [-0.39, 0.29) is 27.1 Å². The fourth-order valence-electron chi connectivity index (χ4n) is 1.15. The number of rotatable bonds is 2. The molecular weight excluding hydrogens is 428 g/mol. The van der Waals surface area contributed by atoms with Gasteiger partial charge in [-0.15, -0.1) is 12.4 Å². The Morgan fingerprint density at radius 3 is 1.74 bits per heavy atom. The number of halogens is 8. The number of aromatic hydroxyl groups is 1. The van der Waals surface area contributed by atoms with E-state index in [0.29, 0.717) is 0 Å². The predicted molar refractivity (Wildman–Crippen MR) is 68.7 cm³/mol. The lowest BCUT2D eigenvalue weighted by Gasteiger charge is -2.26. The van der Waals surface area contributed by atoms with E-state index in [1.165, 1.54) is 0 Å². The average molecular weight is 435 g/mol. The molecule has 0 aliphatic heterocycles. The summed E-state index contributed by atoms with van der Waals surface area (Å²) in [5.41, 5.74) is 4.49. The Balaban J connectivity index is 0.00000324. The molecule has 0 saturated carbocycles. The molecule has 1 aromatic carbocycles. The number of alkyl halides is 5. The third-order valence-corrected chi connectivity index (χ3v) is 3.38. The van der Waals surface area contributed by atoms with Gasteiger partial charge < -0.3 is 10.8 Å². The van der Waals surface area contributed by atoms with Crippen LogP contribution in [0.3, 0.4) is 0 Å². The van der Waals surface area contributed by atoms with Gasteiger partial charge in [0.1, 0.15) is 11.8 Å².